The molecule has 0 spiro atoms. The second-order valence-electron chi connectivity index (χ2n) is 8.68. The number of aromatic nitrogens is 1. The van der Waals surface area contributed by atoms with Gasteiger partial charge in [-0.05, 0) is 50.6 Å². The third kappa shape index (κ3) is 6.18. The molecular formula is C24H27Cl2N3O4. The molecule has 1 saturated heterocycles. The predicted molar refractivity (Wildman–Crippen MR) is 128 cm³/mol. The van der Waals surface area contributed by atoms with Crippen LogP contribution in [-0.4, -0.2) is 47.2 Å². The Labute approximate surface area is 203 Å². The molecular weight excluding hydrogens is 465 g/mol. The van der Waals surface area contributed by atoms with Gasteiger partial charge in [0.1, 0.15) is 18.0 Å². The predicted octanol–water partition coefficient (Wildman–Crippen LogP) is 5.03. The first kappa shape index (κ1) is 24.9. The fourth-order valence-electron chi connectivity index (χ4n) is 3.35. The highest BCUT2D eigenvalue weighted by atomic mass is 35.5. The maximum absolute atomic E-state index is 13.1. The van der Waals surface area contributed by atoms with Crippen LogP contribution in [0.25, 0.3) is 0 Å². The minimum Gasteiger partial charge on any atom is -0.489 e. The largest absolute Gasteiger partial charge is 0.489 e. The highest BCUT2D eigenvalue weighted by Crippen LogP contribution is 2.40. The van der Waals surface area contributed by atoms with Crippen molar-refractivity contribution in [2.24, 2.45) is 5.92 Å². The number of carbonyl (C=O) groups is 2. The number of likely N-dealkylation sites (tertiary alicyclic amines) is 1. The molecule has 1 N–H and O–H groups in total. The summed E-state index contributed by atoms with van der Waals surface area (Å²) < 4.78 is 11.2. The fourth-order valence-corrected chi connectivity index (χ4v) is 3.78. The summed E-state index contributed by atoms with van der Waals surface area (Å²) >= 11 is 12.9. The molecule has 9 heteroatoms. The highest BCUT2D eigenvalue weighted by molar-refractivity contribution is 6.42. The lowest BCUT2D eigenvalue weighted by molar-refractivity contribution is -0.130. The van der Waals surface area contributed by atoms with Crippen LogP contribution in [0, 0.1) is 5.92 Å². The minimum atomic E-state index is -0.637. The molecule has 0 radical (unpaired) electrons. The highest BCUT2D eigenvalue weighted by Gasteiger charge is 2.39. The molecule has 1 aromatic heterocycles. The van der Waals surface area contributed by atoms with E-state index < -0.39 is 17.7 Å². The lowest BCUT2D eigenvalue weighted by atomic mass is 9.95. The Morgan fingerprint density at radius 3 is 2.52 bits per heavy atom. The molecule has 176 valence electrons. The van der Waals surface area contributed by atoms with Gasteiger partial charge in [0.05, 0.1) is 22.0 Å². The molecule has 33 heavy (non-hydrogen) atoms. The zero-order valence-electron chi connectivity index (χ0n) is 18.8. The lowest BCUT2D eigenvalue weighted by Gasteiger charge is -2.39. The average molecular weight is 492 g/mol. The molecule has 1 aromatic carbocycles. The third-order valence-electron chi connectivity index (χ3n) is 4.97. The van der Waals surface area contributed by atoms with E-state index in [0.717, 1.165) is 5.56 Å². The molecule has 2 aromatic rings. The van der Waals surface area contributed by atoms with E-state index in [2.05, 4.69) is 16.9 Å². The monoisotopic (exact) mass is 491 g/mol. The summed E-state index contributed by atoms with van der Waals surface area (Å²) in [5.74, 6) is -0.116. The molecule has 3 rings (SSSR count). The van der Waals surface area contributed by atoms with Crippen LogP contribution < -0.4 is 10.1 Å². The zero-order valence-corrected chi connectivity index (χ0v) is 20.3. The first-order valence-corrected chi connectivity index (χ1v) is 11.3. The molecule has 0 saturated carbocycles. The summed E-state index contributed by atoms with van der Waals surface area (Å²) in [6.45, 7) is 9.88. The Bertz CT molecular complexity index is 1020. The van der Waals surface area contributed by atoms with Crippen molar-refractivity contribution in [1.29, 1.82) is 0 Å². The summed E-state index contributed by atoms with van der Waals surface area (Å²) in [5.41, 5.74) is 0.699. The number of ether oxygens (including phenoxy) is 2. The summed E-state index contributed by atoms with van der Waals surface area (Å²) in [4.78, 5) is 30.9. The quantitative estimate of drug-likeness (QED) is 0.549. The summed E-state index contributed by atoms with van der Waals surface area (Å²) in [7, 11) is 0. The second kappa shape index (κ2) is 10.4. The van der Waals surface area contributed by atoms with Gasteiger partial charge in [-0.15, -0.1) is 0 Å². The number of nitrogens with zero attached hydrogens (tertiary/aromatic N) is 2. The molecule has 1 fully saturated rings. The van der Waals surface area contributed by atoms with E-state index in [1.807, 2.05) is 0 Å². The fraction of sp³-hybridized carbons (Fsp3) is 0.375. The number of amides is 2. The van der Waals surface area contributed by atoms with Crippen molar-refractivity contribution in [3.05, 3.63) is 70.5 Å². The number of hydrogen-bond acceptors (Lipinski definition) is 5. The standard InChI is InChI=1S/C24H27Cl2N3O4/c1-5-12-32-18-7-6-17(25)20(26)19(18)21(15-8-10-27-11-9-15)28-22(30)16-13-29(14-16)23(31)33-24(2,3)4/h5-11,16,21H,1,12-14H2,2-4H3,(H,28,30). The normalized spacial score (nSPS) is 14.8. The van der Waals surface area contributed by atoms with Gasteiger partial charge in [0, 0.05) is 31.0 Å². The van der Waals surface area contributed by atoms with E-state index in [4.69, 9.17) is 32.7 Å². The zero-order chi connectivity index (χ0) is 24.2. The van der Waals surface area contributed by atoms with E-state index in [9.17, 15) is 9.59 Å². The summed E-state index contributed by atoms with van der Waals surface area (Å²) in [6.07, 6.45) is 4.44. The van der Waals surface area contributed by atoms with Crippen LogP contribution in [0.15, 0.2) is 49.3 Å². The topological polar surface area (TPSA) is 80.8 Å². The summed E-state index contributed by atoms with van der Waals surface area (Å²) in [6, 6.07) is 6.28. The molecule has 0 aliphatic carbocycles. The Kier molecular flexibility index (Phi) is 7.87. The van der Waals surface area contributed by atoms with Crippen LogP contribution in [0.1, 0.15) is 37.9 Å². The summed E-state index contributed by atoms with van der Waals surface area (Å²) in [5, 5.41) is 3.67. The maximum Gasteiger partial charge on any atom is 0.410 e. The van der Waals surface area contributed by atoms with E-state index >= 15 is 0 Å². The Hall–Kier alpha value is -2.77. The van der Waals surface area contributed by atoms with Crippen molar-refractivity contribution < 1.29 is 19.1 Å². The van der Waals surface area contributed by atoms with Crippen molar-refractivity contribution in [3.63, 3.8) is 0 Å². The van der Waals surface area contributed by atoms with Gasteiger partial charge in [0.25, 0.3) is 0 Å². The Balaban J connectivity index is 1.83. The number of rotatable bonds is 7. The number of nitrogens with one attached hydrogen (secondary N) is 1. The third-order valence-corrected chi connectivity index (χ3v) is 5.79. The number of pyridine rings is 1. The van der Waals surface area contributed by atoms with E-state index in [0.29, 0.717) is 16.3 Å². The van der Waals surface area contributed by atoms with Crippen LogP contribution in [0.2, 0.25) is 10.0 Å². The molecule has 1 aliphatic heterocycles. The molecule has 7 nitrogen and oxygen atoms in total. The van der Waals surface area contributed by atoms with Crippen molar-refractivity contribution >= 4 is 35.2 Å². The van der Waals surface area contributed by atoms with Crippen LogP contribution >= 0.6 is 23.2 Å². The lowest BCUT2D eigenvalue weighted by Crippen LogP contribution is -2.57. The second-order valence-corrected chi connectivity index (χ2v) is 9.46. The molecule has 2 amide bonds. The molecule has 2 heterocycles. The van der Waals surface area contributed by atoms with Crippen LogP contribution in [0.4, 0.5) is 4.79 Å². The molecule has 1 atom stereocenters. The van der Waals surface area contributed by atoms with E-state index in [1.54, 1.807) is 63.5 Å². The molecule has 0 bridgehead atoms. The Morgan fingerprint density at radius 2 is 1.91 bits per heavy atom. The van der Waals surface area contributed by atoms with Gasteiger partial charge in [-0.2, -0.15) is 0 Å². The van der Waals surface area contributed by atoms with Crippen LogP contribution in [-0.2, 0) is 9.53 Å². The van der Waals surface area contributed by atoms with Crippen molar-refractivity contribution in [1.82, 2.24) is 15.2 Å². The number of carbonyl (C=O) groups excluding carboxylic acids is 2. The van der Waals surface area contributed by atoms with Gasteiger partial charge < -0.3 is 19.7 Å². The van der Waals surface area contributed by atoms with Gasteiger partial charge >= 0.3 is 6.09 Å². The van der Waals surface area contributed by atoms with Crippen LogP contribution in [0.3, 0.4) is 0 Å². The average Bonchev–Trinajstić information content (AvgIpc) is 2.71. The smallest absolute Gasteiger partial charge is 0.410 e. The number of hydrogen-bond donors (Lipinski definition) is 1. The van der Waals surface area contributed by atoms with Gasteiger partial charge in [-0.25, -0.2) is 4.79 Å². The van der Waals surface area contributed by atoms with Crippen molar-refractivity contribution in [2.75, 3.05) is 19.7 Å². The molecule has 1 aliphatic rings. The maximum atomic E-state index is 13.1. The first-order chi connectivity index (χ1) is 15.6. The Morgan fingerprint density at radius 1 is 1.24 bits per heavy atom. The van der Waals surface area contributed by atoms with Crippen LogP contribution in [0.5, 0.6) is 5.75 Å². The SMILES string of the molecule is C=CCOc1ccc(Cl)c(Cl)c1C(NC(=O)C1CN(C(=O)OC(C)(C)C)C1)c1ccncc1. The molecule has 1 unspecified atom stereocenters. The minimum absolute atomic E-state index is 0.220. The van der Waals surface area contributed by atoms with E-state index in [-0.39, 0.29) is 36.5 Å². The number of halogens is 2. The first-order valence-electron chi connectivity index (χ1n) is 10.5. The van der Waals surface area contributed by atoms with Gasteiger partial charge in [0.15, 0.2) is 0 Å². The van der Waals surface area contributed by atoms with Gasteiger partial charge in [-0.3, -0.25) is 9.78 Å². The van der Waals surface area contributed by atoms with Crippen molar-refractivity contribution in [2.45, 2.75) is 32.4 Å². The van der Waals surface area contributed by atoms with Gasteiger partial charge in [-0.1, -0.05) is 35.9 Å². The van der Waals surface area contributed by atoms with Crippen molar-refractivity contribution in [3.8, 4) is 5.75 Å². The van der Waals surface area contributed by atoms with E-state index in [1.165, 1.54) is 4.90 Å². The van der Waals surface area contributed by atoms with Gasteiger partial charge in [0.2, 0.25) is 5.91 Å². The number of benzene rings is 1.